The summed E-state index contributed by atoms with van der Waals surface area (Å²) >= 11 is 0. The number of benzene rings is 1. The second-order valence-corrected chi connectivity index (χ2v) is 9.62. The number of carbonyl (C=O) groups excluding carboxylic acids is 1. The summed E-state index contributed by atoms with van der Waals surface area (Å²) in [7, 11) is -3.18. The number of hydrogen-bond acceptors (Lipinski definition) is 5. The molecule has 1 atom stereocenters. The van der Waals surface area contributed by atoms with Crippen LogP contribution in [0.2, 0.25) is 0 Å². The third-order valence-corrected chi connectivity index (χ3v) is 8.40. The van der Waals surface area contributed by atoms with E-state index < -0.39 is 14.6 Å². The number of carbonyl (C=O) groups is 1. The highest BCUT2D eigenvalue weighted by atomic mass is 32.2. The van der Waals surface area contributed by atoms with Crippen LogP contribution in [-0.4, -0.2) is 56.0 Å². The zero-order chi connectivity index (χ0) is 17.7. The van der Waals surface area contributed by atoms with Gasteiger partial charge in [-0.3, -0.25) is 4.79 Å². The van der Waals surface area contributed by atoms with Gasteiger partial charge in [0.05, 0.1) is 25.6 Å². The number of rotatable bonds is 4. The van der Waals surface area contributed by atoms with Crippen molar-refractivity contribution < 1.29 is 22.7 Å². The summed E-state index contributed by atoms with van der Waals surface area (Å²) in [6.45, 7) is 4.61. The molecule has 1 aromatic carbocycles. The van der Waals surface area contributed by atoms with Crippen molar-refractivity contribution in [1.29, 1.82) is 0 Å². The molecule has 2 fully saturated rings. The van der Waals surface area contributed by atoms with E-state index in [0.717, 1.165) is 11.1 Å². The first kappa shape index (κ1) is 17.0. The van der Waals surface area contributed by atoms with Crippen LogP contribution in [0.5, 0.6) is 0 Å². The predicted octanol–water partition coefficient (Wildman–Crippen LogP) is 1.38. The van der Waals surface area contributed by atoms with Crippen LogP contribution in [0, 0.1) is 5.92 Å². The maximum absolute atomic E-state index is 12.8. The van der Waals surface area contributed by atoms with E-state index in [1.807, 2.05) is 25.1 Å². The summed E-state index contributed by atoms with van der Waals surface area (Å²) in [6, 6.07) is 5.60. The Morgan fingerprint density at radius 2 is 2.08 bits per heavy atom. The minimum atomic E-state index is -3.18. The highest BCUT2D eigenvalue weighted by Gasteiger charge is 2.62. The molecule has 3 aliphatic heterocycles. The van der Waals surface area contributed by atoms with Gasteiger partial charge < -0.3 is 14.4 Å². The molecule has 1 spiro atoms. The normalized spacial score (nSPS) is 25.8. The molecule has 4 rings (SSSR count). The van der Waals surface area contributed by atoms with Crippen molar-refractivity contribution in [3.05, 3.63) is 34.9 Å². The van der Waals surface area contributed by atoms with Gasteiger partial charge in [0.15, 0.2) is 9.84 Å². The molecular formula is C18H23NO5S. The van der Waals surface area contributed by atoms with Crippen LogP contribution in [0.4, 0.5) is 0 Å². The summed E-state index contributed by atoms with van der Waals surface area (Å²) in [5.74, 6) is 0.0793. The lowest BCUT2D eigenvalue weighted by molar-refractivity contribution is 0.0271. The molecule has 3 aliphatic rings. The van der Waals surface area contributed by atoms with Crippen molar-refractivity contribution in [2.24, 2.45) is 5.92 Å². The lowest BCUT2D eigenvalue weighted by atomic mass is 9.83. The molecule has 0 N–H and O–H groups in total. The smallest absolute Gasteiger partial charge is 0.253 e. The number of fused-ring (bicyclic) bond motifs is 1. The monoisotopic (exact) mass is 365 g/mol. The zero-order valence-electron chi connectivity index (χ0n) is 14.4. The van der Waals surface area contributed by atoms with Crippen molar-refractivity contribution >= 4 is 15.7 Å². The molecule has 0 aliphatic carbocycles. The van der Waals surface area contributed by atoms with Gasteiger partial charge in [-0.1, -0.05) is 6.07 Å². The van der Waals surface area contributed by atoms with Gasteiger partial charge in [0, 0.05) is 31.2 Å². The van der Waals surface area contributed by atoms with Gasteiger partial charge in [0.1, 0.15) is 4.75 Å². The van der Waals surface area contributed by atoms with E-state index in [-0.39, 0.29) is 30.7 Å². The van der Waals surface area contributed by atoms with Crippen LogP contribution in [0.1, 0.15) is 34.8 Å². The fraction of sp³-hybridized carbons (Fsp3) is 0.611. The Hall–Kier alpha value is -1.44. The maximum atomic E-state index is 12.8. The summed E-state index contributed by atoms with van der Waals surface area (Å²) in [4.78, 5) is 14.4. The lowest BCUT2D eigenvalue weighted by Gasteiger charge is -2.49. The Morgan fingerprint density at radius 3 is 2.84 bits per heavy atom. The number of hydrogen-bond donors (Lipinski definition) is 0. The van der Waals surface area contributed by atoms with Crippen molar-refractivity contribution in [2.45, 2.75) is 31.3 Å². The lowest BCUT2D eigenvalue weighted by Crippen LogP contribution is -2.68. The molecule has 0 bridgehead atoms. The number of ether oxygens (including phenoxy) is 2. The van der Waals surface area contributed by atoms with Crippen molar-refractivity contribution in [1.82, 2.24) is 4.90 Å². The first-order chi connectivity index (χ1) is 12.0. The number of likely N-dealkylation sites (tertiary alicyclic amines) is 1. The molecule has 0 aromatic heterocycles. The highest BCUT2D eigenvalue weighted by molar-refractivity contribution is 7.93. The molecule has 0 radical (unpaired) electrons. The predicted molar refractivity (Wildman–Crippen MR) is 92.0 cm³/mol. The fourth-order valence-corrected chi connectivity index (χ4v) is 6.60. The van der Waals surface area contributed by atoms with Crippen molar-refractivity contribution in [2.75, 3.05) is 32.1 Å². The molecule has 0 saturated carbocycles. The van der Waals surface area contributed by atoms with E-state index in [2.05, 4.69) is 0 Å². The quantitative estimate of drug-likeness (QED) is 0.806. The number of nitrogens with zero attached hydrogens (tertiary/aromatic N) is 1. The molecular weight excluding hydrogens is 342 g/mol. The van der Waals surface area contributed by atoms with Crippen molar-refractivity contribution in [3.63, 3.8) is 0 Å². The average Bonchev–Trinajstić information content (AvgIpc) is 3.11. The molecule has 3 heterocycles. The molecule has 0 unspecified atom stereocenters. The third-order valence-electron chi connectivity index (χ3n) is 5.79. The maximum Gasteiger partial charge on any atom is 0.253 e. The Kier molecular flexibility index (Phi) is 4.13. The molecule has 7 heteroatoms. The summed E-state index contributed by atoms with van der Waals surface area (Å²) < 4.78 is 35.2. The third kappa shape index (κ3) is 2.60. The Bertz CT molecular complexity index is 798. The van der Waals surface area contributed by atoms with Crippen LogP contribution < -0.4 is 0 Å². The van der Waals surface area contributed by atoms with Crippen LogP contribution >= 0.6 is 0 Å². The summed E-state index contributed by atoms with van der Waals surface area (Å²) in [6.07, 6.45) is 0.626. The van der Waals surface area contributed by atoms with Crippen molar-refractivity contribution in [3.8, 4) is 0 Å². The van der Waals surface area contributed by atoms with E-state index in [4.69, 9.17) is 9.47 Å². The zero-order valence-corrected chi connectivity index (χ0v) is 15.2. The van der Waals surface area contributed by atoms with Gasteiger partial charge in [0.2, 0.25) is 0 Å². The number of sulfone groups is 1. The molecule has 6 nitrogen and oxygen atoms in total. The Labute approximate surface area is 148 Å². The van der Waals surface area contributed by atoms with Crippen LogP contribution in [0.15, 0.2) is 18.2 Å². The summed E-state index contributed by atoms with van der Waals surface area (Å²) in [5.41, 5.74) is 2.77. The molecule has 1 aromatic rings. The van der Waals surface area contributed by atoms with E-state index in [1.165, 1.54) is 0 Å². The molecule has 1 amide bonds. The van der Waals surface area contributed by atoms with E-state index in [1.54, 1.807) is 4.90 Å². The van der Waals surface area contributed by atoms with Crippen LogP contribution in [0.25, 0.3) is 0 Å². The van der Waals surface area contributed by atoms with E-state index in [0.29, 0.717) is 38.4 Å². The SMILES string of the molecule is CCOC[C@H]1CCS(=O)(=O)C12CN(C(=O)c1ccc3c(c1)COC3)C2. The van der Waals surface area contributed by atoms with Gasteiger partial charge in [-0.2, -0.15) is 0 Å². The highest BCUT2D eigenvalue weighted by Crippen LogP contribution is 2.45. The van der Waals surface area contributed by atoms with Gasteiger partial charge >= 0.3 is 0 Å². The van der Waals surface area contributed by atoms with E-state index in [9.17, 15) is 13.2 Å². The summed E-state index contributed by atoms with van der Waals surface area (Å²) in [5, 5.41) is 0. The topological polar surface area (TPSA) is 72.9 Å². The second-order valence-electron chi connectivity index (χ2n) is 7.17. The second kappa shape index (κ2) is 6.07. The van der Waals surface area contributed by atoms with Crippen LogP contribution in [-0.2, 0) is 32.5 Å². The van der Waals surface area contributed by atoms with Gasteiger partial charge in [0.25, 0.3) is 5.91 Å². The Morgan fingerprint density at radius 1 is 1.32 bits per heavy atom. The van der Waals surface area contributed by atoms with Gasteiger partial charge in [-0.15, -0.1) is 0 Å². The Balaban J connectivity index is 1.50. The fourth-order valence-electron chi connectivity index (χ4n) is 4.20. The van der Waals surface area contributed by atoms with Gasteiger partial charge in [-0.05, 0) is 36.6 Å². The minimum absolute atomic E-state index is 0.0186. The van der Waals surface area contributed by atoms with Crippen LogP contribution in [0.3, 0.4) is 0 Å². The first-order valence-corrected chi connectivity index (χ1v) is 10.4. The standard InChI is InChI=1S/C18H23NO5S/c1-2-23-10-16-5-6-25(21,22)18(16)11-19(12-18)17(20)13-3-4-14-8-24-9-15(14)7-13/h3-4,7,16H,2,5-6,8-12H2,1H3/t16-/m1/s1. The van der Waals surface area contributed by atoms with E-state index >= 15 is 0 Å². The first-order valence-electron chi connectivity index (χ1n) is 8.76. The molecule has 136 valence electrons. The number of amides is 1. The average molecular weight is 365 g/mol. The molecule has 25 heavy (non-hydrogen) atoms. The minimum Gasteiger partial charge on any atom is -0.381 e. The largest absolute Gasteiger partial charge is 0.381 e. The van der Waals surface area contributed by atoms with Gasteiger partial charge in [-0.25, -0.2) is 8.42 Å². The molecule has 2 saturated heterocycles.